The van der Waals surface area contributed by atoms with Crippen LogP contribution in [0.1, 0.15) is 44.7 Å². The highest BCUT2D eigenvalue weighted by molar-refractivity contribution is 6.06. The van der Waals surface area contributed by atoms with Gasteiger partial charge < -0.3 is 10.4 Å². The largest absolute Gasteiger partial charge is 0.395 e. The van der Waals surface area contributed by atoms with Crippen LogP contribution in [0.5, 0.6) is 0 Å². The highest BCUT2D eigenvalue weighted by Crippen LogP contribution is 2.51. The summed E-state index contributed by atoms with van der Waals surface area (Å²) in [6.45, 7) is 9.95. The number of benzene rings is 2. The number of fused-ring (bicyclic) bond motifs is 1. The Hall–Kier alpha value is -2.76. The van der Waals surface area contributed by atoms with Gasteiger partial charge >= 0.3 is 0 Å². The van der Waals surface area contributed by atoms with Crippen LogP contribution in [0.25, 0.3) is 0 Å². The van der Waals surface area contributed by atoms with Gasteiger partial charge in [-0.15, -0.1) is 6.58 Å². The van der Waals surface area contributed by atoms with Gasteiger partial charge in [-0.05, 0) is 56.9 Å². The Bertz CT molecular complexity index is 1000. The van der Waals surface area contributed by atoms with E-state index < -0.39 is 22.8 Å². The summed E-state index contributed by atoms with van der Waals surface area (Å²) in [5, 5.41) is 16.6. The van der Waals surface area contributed by atoms with E-state index in [4.69, 9.17) is 0 Å². The lowest BCUT2D eigenvalue weighted by Crippen LogP contribution is -2.62. The van der Waals surface area contributed by atoms with E-state index in [1.54, 1.807) is 12.1 Å². The molecule has 0 saturated heterocycles. The molecule has 0 fully saturated rings. The number of halogens is 1. The van der Waals surface area contributed by atoms with Gasteiger partial charge in [0, 0.05) is 22.7 Å². The van der Waals surface area contributed by atoms with Crippen LogP contribution in [0.3, 0.4) is 0 Å². The average Bonchev–Trinajstić information content (AvgIpc) is 3.05. The maximum absolute atomic E-state index is 14.4. The Balaban J connectivity index is 2.09. The summed E-state index contributed by atoms with van der Waals surface area (Å²) >= 11 is 0. The first kappa shape index (κ1) is 23.9. The summed E-state index contributed by atoms with van der Waals surface area (Å²) < 4.78 is 14.4. The Morgan fingerprint density at radius 2 is 2.00 bits per heavy atom. The molecular weight excluding hydrogens is 403 g/mol. The van der Waals surface area contributed by atoms with Crippen molar-refractivity contribution in [2.45, 2.75) is 51.6 Å². The minimum Gasteiger partial charge on any atom is -0.395 e. The highest BCUT2D eigenvalue weighted by Gasteiger charge is 2.58. The standard InChI is InChI=1S/C27H33FN2O2/c1-5-26(4,15-9-10-19(2)3)27(23-17-21(28)13-14-24(23)29-25(27)32)30-22(18-31)16-20-11-7-6-8-12-20/h5-8,10-14,17,22,30-31H,1,9,15-16,18H2,2-4H3,(H,29,32)/t22-,26-,27-/m0/s1. The molecule has 1 aliphatic heterocycles. The number of carbonyl (C=O) groups is 1. The summed E-state index contributed by atoms with van der Waals surface area (Å²) in [4.78, 5) is 13.6. The number of allylic oxidation sites excluding steroid dienone is 2. The van der Waals surface area contributed by atoms with E-state index in [1.807, 2.05) is 51.1 Å². The van der Waals surface area contributed by atoms with Gasteiger partial charge in [0.2, 0.25) is 5.91 Å². The van der Waals surface area contributed by atoms with E-state index in [-0.39, 0.29) is 12.5 Å². The van der Waals surface area contributed by atoms with Crippen LogP contribution in [-0.4, -0.2) is 23.7 Å². The van der Waals surface area contributed by atoms with E-state index in [2.05, 4.69) is 23.3 Å². The summed E-state index contributed by atoms with van der Waals surface area (Å²) in [6.07, 6.45) is 5.81. The number of hydrogen-bond acceptors (Lipinski definition) is 3. The molecule has 1 aliphatic rings. The Morgan fingerprint density at radius 1 is 1.28 bits per heavy atom. The topological polar surface area (TPSA) is 61.4 Å². The monoisotopic (exact) mass is 436 g/mol. The molecule has 0 unspecified atom stereocenters. The molecule has 3 N–H and O–H groups in total. The molecule has 32 heavy (non-hydrogen) atoms. The summed E-state index contributed by atoms with van der Waals surface area (Å²) in [5.41, 5.74) is 1.34. The van der Waals surface area contributed by atoms with Gasteiger partial charge in [0.15, 0.2) is 0 Å². The maximum atomic E-state index is 14.4. The first-order valence-corrected chi connectivity index (χ1v) is 11.1. The molecular formula is C27H33FN2O2. The lowest BCUT2D eigenvalue weighted by atomic mass is 9.64. The SMILES string of the molecule is C=C[C@@](C)(CCC=C(C)C)[C@@]1(N[C@H](CO)Cc2ccccc2)C(=O)Nc2ccc(F)cc21. The van der Waals surface area contributed by atoms with Crippen LogP contribution in [0, 0.1) is 11.2 Å². The number of aliphatic hydroxyl groups excluding tert-OH is 1. The minimum absolute atomic E-state index is 0.171. The van der Waals surface area contributed by atoms with E-state index in [0.29, 0.717) is 24.1 Å². The summed E-state index contributed by atoms with van der Waals surface area (Å²) in [6, 6.07) is 13.7. The zero-order valence-corrected chi connectivity index (χ0v) is 19.1. The molecule has 2 aromatic carbocycles. The molecule has 5 heteroatoms. The van der Waals surface area contributed by atoms with Crippen LogP contribution in [0.2, 0.25) is 0 Å². The van der Waals surface area contributed by atoms with E-state index in [9.17, 15) is 14.3 Å². The maximum Gasteiger partial charge on any atom is 0.250 e. The fraction of sp³-hybridized carbons (Fsp3) is 0.370. The summed E-state index contributed by atoms with van der Waals surface area (Å²) in [5.74, 6) is -0.671. The lowest BCUT2D eigenvalue weighted by Gasteiger charge is -2.46. The number of anilines is 1. The van der Waals surface area contributed by atoms with Crippen molar-refractivity contribution in [2.75, 3.05) is 11.9 Å². The predicted molar refractivity (Wildman–Crippen MR) is 128 cm³/mol. The van der Waals surface area contributed by atoms with E-state index in [0.717, 1.165) is 12.0 Å². The molecule has 2 aromatic rings. The van der Waals surface area contributed by atoms with Crippen molar-refractivity contribution in [2.24, 2.45) is 5.41 Å². The van der Waals surface area contributed by atoms with Crippen molar-refractivity contribution in [3.8, 4) is 0 Å². The van der Waals surface area contributed by atoms with E-state index >= 15 is 0 Å². The molecule has 3 atom stereocenters. The third kappa shape index (κ3) is 4.54. The number of rotatable bonds is 10. The molecule has 1 amide bonds. The number of aliphatic hydroxyl groups is 1. The zero-order valence-electron chi connectivity index (χ0n) is 19.1. The summed E-state index contributed by atoms with van der Waals surface area (Å²) in [7, 11) is 0. The number of hydrogen-bond donors (Lipinski definition) is 3. The average molecular weight is 437 g/mol. The van der Waals surface area contributed by atoms with Gasteiger partial charge in [0.05, 0.1) is 6.61 Å². The smallest absolute Gasteiger partial charge is 0.250 e. The van der Waals surface area contributed by atoms with E-state index in [1.165, 1.54) is 17.7 Å². The number of nitrogens with one attached hydrogen (secondary N) is 2. The molecule has 0 radical (unpaired) electrons. The number of amides is 1. The van der Waals surface area contributed by atoms with Crippen molar-refractivity contribution < 1.29 is 14.3 Å². The van der Waals surface area contributed by atoms with Crippen LogP contribution < -0.4 is 10.6 Å². The molecule has 1 heterocycles. The van der Waals surface area contributed by atoms with Crippen LogP contribution in [0.4, 0.5) is 10.1 Å². The predicted octanol–water partition coefficient (Wildman–Crippen LogP) is 5.11. The molecule has 0 bridgehead atoms. The van der Waals surface area contributed by atoms with Crippen molar-refractivity contribution in [1.82, 2.24) is 5.32 Å². The van der Waals surface area contributed by atoms with Crippen LogP contribution >= 0.6 is 0 Å². The van der Waals surface area contributed by atoms with Crippen LogP contribution in [-0.2, 0) is 16.8 Å². The molecule has 170 valence electrons. The molecule has 0 spiro atoms. The van der Waals surface area contributed by atoms with Gasteiger partial charge in [-0.2, -0.15) is 0 Å². The highest BCUT2D eigenvalue weighted by atomic mass is 19.1. The molecule has 3 rings (SSSR count). The first-order chi connectivity index (χ1) is 15.3. The van der Waals surface area contributed by atoms with Crippen molar-refractivity contribution in [3.63, 3.8) is 0 Å². The van der Waals surface area contributed by atoms with Gasteiger partial charge in [-0.3, -0.25) is 10.1 Å². The fourth-order valence-electron chi connectivity index (χ4n) is 4.62. The third-order valence-electron chi connectivity index (χ3n) is 6.46. The van der Waals surface area contributed by atoms with Gasteiger partial charge in [-0.1, -0.05) is 55.0 Å². The third-order valence-corrected chi connectivity index (χ3v) is 6.46. The first-order valence-electron chi connectivity index (χ1n) is 11.1. The molecule has 0 saturated carbocycles. The van der Waals surface area contributed by atoms with Gasteiger partial charge in [-0.25, -0.2) is 4.39 Å². The quantitative estimate of drug-likeness (QED) is 0.454. The van der Waals surface area contributed by atoms with Crippen molar-refractivity contribution in [3.05, 3.63) is 89.8 Å². The molecule has 0 aliphatic carbocycles. The molecule has 4 nitrogen and oxygen atoms in total. The second-order valence-electron chi connectivity index (χ2n) is 9.05. The van der Waals surface area contributed by atoms with Crippen LogP contribution in [0.15, 0.2) is 72.8 Å². The molecule has 0 aromatic heterocycles. The van der Waals surface area contributed by atoms with Crippen molar-refractivity contribution in [1.29, 1.82) is 0 Å². The Labute approximate surface area is 190 Å². The minimum atomic E-state index is -1.27. The van der Waals surface area contributed by atoms with Gasteiger partial charge in [0.1, 0.15) is 11.4 Å². The normalized spacial score (nSPS) is 20.1. The van der Waals surface area contributed by atoms with Crippen molar-refractivity contribution >= 4 is 11.6 Å². The second-order valence-corrected chi connectivity index (χ2v) is 9.05. The zero-order chi connectivity index (χ0) is 23.4. The Kier molecular flexibility index (Phi) is 7.32. The second kappa shape index (κ2) is 9.80. The fourth-order valence-corrected chi connectivity index (χ4v) is 4.62. The Morgan fingerprint density at radius 3 is 2.62 bits per heavy atom. The van der Waals surface area contributed by atoms with Gasteiger partial charge in [0.25, 0.3) is 0 Å². The lowest BCUT2D eigenvalue weighted by molar-refractivity contribution is -0.127. The number of carbonyl (C=O) groups excluding carboxylic acids is 1.